The van der Waals surface area contributed by atoms with E-state index in [1.54, 1.807) is 31.3 Å². The summed E-state index contributed by atoms with van der Waals surface area (Å²) in [5.74, 6) is -2.78. The van der Waals surface area contributed by atoms with E-state index in [0.717, 1.165) is 0 Å². The predicted molar refractivity (Wildman–Crippen MR) is 89.8 cm³/mol. The zero-order chi connectivity index (χ0) is 17.7. The highest BCUT2D eigenvalue weighted by atomic mass is 35.5. The first-order valence-corrected chi connectivity index (χ1v) is 8.95. The first-order valence-electron chi connectivity index (χ1n) is 7.02. The Kier molecular flexibility index (Phi) is 6.01. The Morgan fingerprint density at radius 1 is 1.17 bits per heavy atom. The second-order valence-electron chi connectivity index (χ2n) is 5.03. The van der Waals surface area contributed by atoms with Crippen LogP contribution in [0.1, 0.15) is 0 Å². The van der Waals surface area contributed by atoms with Gasteiger partial charge in [-0.25, -0.2) is 8.42 Å². The molecule has 0 unspecified atom stereocenters. The zero-order valence-electron chi connectivity index (χ0n) is 12.8. The van der Waals surface area contributed by atoms with Crippen molar-refractivity contribution < 1.29 is 21.9 Å². The van der Waals surface area contributed by atoms with Crippen LogP contribution in [-0.2, 0) is 9.84 Å². The first-order chi connectivity index (χ1) is 11.3. The highest BCUT2D eigenvalue weighted by molar-refractivity contribution is 7.91. The number of halogens is 3. The van der Waals surface area contributed by atoms with Crippen molar-refractivity contribution in [1.29, 1.82) is 0 Å². The van der Waals surface area contributed by atoms with Crippen LogP contribution in [0.15, 0.2) is 53.4 Å². The van der Waals surface area contributed by atoms with Gasteiger partial charge in [-0.1, -0.05) is 17.7 Å². The number of nitrogens with zero attached hydrogens (tertiary/aromatic N) is 1. The van der Waals surface area contributed by atoms with Gasteiger partial charge >= 0.3 is 5.76 Å². The van der Waals surface area contributed by atoms with Crippen LogP contribution in [0.25, 0.3) is 0 Å². The van der Waals surface area contributed by atoms with Gasteiger partial charge in [0.2, 0.25) is 9.84 Å². The number of alkyl halides is 2. The Morgan fingerprint density at radius 3 is 2.42 bits per heavy atom. The maximum absolute atomic E-state index is 12.5. The third-order valence-corrected chi connectivity index (χ3v) is 4.97. The summed E-state index contributed by atoms with van der Waals surface area (Å²) >= 11 is 5.86. The third kappa shape index (κ3) is 4.58. The summed E-state index contributed by atoms with van der Waals surface area (Å²) in [6.07, 6.45) is 0. The molecule has 2 aromatic rings. The minimum atomic E-state index is -4.57. The molecule has 0 aliphatic rings. The molecule has 0 atom stereocenters. The molecule has 4 nitrogen and oxygen atoms in total. The van der Waals surface area contributed by atoms with Gasteiger partial charge in [0.25, 0.3) is 0 Å². The summed E-state index contributed by atoms with van der Waals surface area (Å²) in [6.45, 7) is 0.904. The smallest absolute Gasteiger partial charge is 0.341 e. The van der Waals surface area contributed by atoms with E-state index in [9.17, 15) is 17.2 Å². The van der Waals surface area contributed by atoms with E-state index in [0.29, 0.717) is 29.6 Å². The number of benzene rings is 2. The largest absolute Gasteiger partial charge is 0.492 e. The van der Waals surface area contributed by atoms with Crippen LogP contribution >= 0.6 is 11.6 Å². The van der Waals surface area contributed by atoms with Gasteiger partial charge in [0.05, 0.1) is 11.4 Å². The lowest BCUT2D eigenvalue weighted by atomic mass is 10.3. The molecular weight excluding hydrogens is 360 g/mol. The fraction of sp³-hybridized carbons (Fsp3) is 0.250. The highest BCUT2D eigenvalue weighted by Crippen LogP contribution is 2.22. The van der Waals surface area contributed by atoms with Crippen molar-refractivity contribution in [3.63, 3.8) is 0 Å². The molecule has 0 saturated carbocycles. The number of hydrogen-bond acceptors (Lipinski definition) is 4. The van der Waals surface area contributed by atoms with Gasteiger partial charge in [-0.3, -0.25) is 0 Å². The number of hydrogen-bond donors (Lipinski definition) is 0. The van der Waals surface area contributed by atoms with E-state index in [4.69, 9.17) is 16.3 Å². The molecule has 2 rings (SSSR count). The summed E-state index contributed by atoms with van der Waals surface area (Å²) in [6, 6.07) is 12.3. The molecule has 0 spiro atoms. The van der Waals surface area contributed by atoms with E-state index in [1.807, 2.05) is 4.90 Å². The number of anilines is 1. The van der Waals surface area contributed by atoms with E-state index in [-0.39, 0.29) is 0 Å². The molecule has 24 heavy (non-hydrogen) atoms. The van der Waals surface area contributed by atoms with E-state index in [2.05, 4.69) is 0 Å². The van der Waals surface area contributed by atoms with Crippen LogP contribution in [0.2, 0.25) is 5.02 Å². The molecule has 0 aromatic heterocycles. The zero-order valence-corrected chi connectivity index (χ0v) is 14.4. The van der Waals surface area contributed by atoms with Crippen LogP contribution in [0.5, 0.6) is 5.75 Å². The molecule has 8 heteroatoms. The van der Waals surface area contributed by atoms with Crippen LogP contribution in [0, 0.1) is 0 Å². The lowest BCUT2D eigenvalue weighted by Gasteiger charge is -2.20. The molecular formula is C16H16ClF2NO3S. The minimum absolute atomic E-state index is 0.383. The molecule has 0 fully saturated rings. The molecule has 0 aliphatic carbocycles. The highest BCUT2D eigenvalue weighted by Gasteiger charge is 2.26. The fourth-order valence-electron chi connectivity index (χ4n) is 1.98. The molecule has 0 aliphatic heterocycles. The van der Waals surface area contributed by atoms with Crippen LogP contribution in [0.3, 0.4) is 0 Å². The molecule has 0 heterocycles. The van der Waals surface area contributed by atoms with Gasteiger partial charge in [0.1, 0.15) is 12.4 Å². The standard InChI is InChI=1S/C16H16ClF2NO3S/c1-20(9-10-23-14-4-2-3-12(17)11-14)13-5-7-15(8-6-13)24(21,22)16(18)19/h2-8,11,16H,9-10H2,1H3. The minimum Gasteiger partial charge on any atom is -0.492 e. The van der Waals surface area contributed by atoms with Crippen LogP contribution < -0.4 is 9.64 Å². The Labute approximate surface area is 144 Å². The summed E-state index contributed by atoms with van der Waals surface area (Å²) < 4.78 is 53.3. The molecule has 130 valence electrons. The molecule has 0 radical (unpaired) electrons. The third-order valence-electron chi connectivity index (χ3n) is 3.33. The molecule has 0 N–H and O–H groups in total. The SMILES string of the molecule is CN(CCOc1cccc(Cl)c1)c1ccc(S(=O)(=O)C(F)F)cc1. The van der Waals surface area contributed by atoms with Crippen molar-refractivity contribution in [3.05, 3.63) is 53.6 Å². The van der Waals surface area contributed by atoms with Gasteiger partial charge in [-0.05, 0) is 42.5 Å². The second kappa shape index (κ2) is 7.81. The van der Waals surface area contributed by atoms with Crippen LogP contribution in [0.4, 0.5) is 14.5 Å². The fourth-order valence-corrected chi connectivity index (χ4v) is 2.88. The Bertz CT molecular complexity index is 782. The molecule has 0 amide bonds. The maximum Gasteiger partial charge on any atom is 0.341 e. The first kappa shape index (κ1) is 18.5. The topological polar surface area (TPSA) is 46.6 Å². The van der Waals surface area contributed by atoms with Crippen molar-refractivity contribution in [2.24, 2.45) is 0 Å². The van der Waals surface area contributed by atoms with E-state index < -0.39 is 20.5 Å². The number of ether oxygens (including phenoxy) is 1. The van der Waals surface area contributed by atoms with Gasteiger partial charge in [0, 0.05) is 17.8 Å². The molecule has 0 bridgehead atoms. The van der Waals surface area contributed by atoms with E-state index in [1.165, 1.54) is 24.3 Å². The lowest BCUT2D eigenvalue weighted by molar-refractivity contribution is 0.234. The van der Waals surface area contributed by atoms with Gasteiger partial charge in [0.15, 0.2) is 0 Å². The normalized spacial score (nSPS) is 11.5. The number of sulfone groups is 1. The average Bonchev–Trinajstić information content (AvgIpc) is 2.55. The maximum atomic E-state index is 12.5. The Hall–Kier alpha value is -1.86. The van der Waals surface area contributed by atoms with Crippen molar-refractivity contribution in [1.82, 2.24) is 0 Å². The van der Waals surface area contributed by atoms with Crippen molar-refractivity contribution >= 4 is 27.1 Å². The Morgan fingerprint density at radius 2 is 1.83 bits per heavy atom. The summed E-state index contributed by atoms with van der Waals surface area (Å²) in [7, 11) is -2.78. The van der Waals surface area contributed by atoms with Gasteiger partial charge < -0.3 is 9.64 Å². The molecule has 2 aromatic carbocycles. The monoisotopic (exact) mass is 375 g/mol. The average molecular weight is 376 g/mol. The second-order valence-corrected chi connectivity index (χ2v) is 7.38. The molecule has 0 saturated heterocycles. The van der Waals surface area contributed by atoms with Crippen molar-refractivity contribution in [2.75, 3.05) is 25.1 Å². The predicted octanol–water partition coefficient (Wildman–Crippen LogP) is 3.85. The summed E-state index contributed by atoms with van der Waals surface area (Å²) in [5.41, 5.74) is 0.693. The number of rotatable bonds is 7. The number of likely N-dealkylation sites (N-methyl/N-ethyl adjacent to an activating group) is 1. The van der Waals surface area contributed by atoms with Crippen molar-refractivity contribution in [3.8, 4) is 5.75 Å². The lowest BCUT2D eigenvalue weighted by Crippen LogP contribution is -2.23. The Balaban J connectivity index is 1.94. The van der Waals surface area contributed by atoms with Crippen molar-refractivity contribution in [2.45, 2.75) is 10.7 Å². The quantitative estimate of drug-likeness (QED) is 0.737. The van der Waals surface area contributed by atoms with E-state index >= 15 is 0 Å². The van der Waals surface area contributed by atoms with Gasteiger partial charge in [-0.15, -0.1) is 0 Å². The summed E-state index contributed by atoms with van der Waals surface area (Å²) in [5, 5.41) is 0.580. The van der Waals surface area contributed by atoms with Crippen LogP contribution in [-0.4, -0.2) is 34.4 Å². The van der Waals surface area contributed by atoms with Gasteiger partial charge in [-0.2, -0.15) is 8.78 Å². The summed E-state index contributed by atoms with van der Waals surface area (Å²) in [4.78, 5) is 1.42.